The molecule has 0 rings (SSSR count). The van der Waals surface area contributed by atoms with E-state index in [0.29, 0.717) is 5.82 Å². The maximum absolute atomic E-state index is 4.98. The average molecular weight is 85.9 g/mol. The third-order valence-electron chi connectivity index (χ3n) is 0.526. The van der Waals surface area contributed by atoms with Crippen LogP contribution in [0.25, 0.3) is 0 Å². The van der Waals surface area contributed by atoms with Crippen molar-refractivity contribution in [2.45, 2.75) is 12.7 Å². The van der Waals surface area contributed by atoms with E-state index in [1.54, 1.807) is 0 Å². The van der Waals surface area contributed by atoms with Crippen LogP contribution in [0.2, 0.25) is 5.82 Å². The van der Waals surface area contributed by atoms with E-state index >= 15 is 0 Å². The van der Waals surface area contributed by atoms with Crippen LogP contribution in [0.3, 0.4) is 0 Å². The molecule has 0 amide bonds. The third-order valence-corrected chi connectivity index (χ3v) is 0.526. The molecule has 0 aromatic carbocycles. The van der Waals surface area contributed by atoms with Crippen LogP contribution in [0.15, 0.2) is 0 Å². The summed E-state index contributed by atoms with van der Waals surface area (Å²) in [4.78, 5) is 0. The highest BCUT2D eigenvalue weighted by atomic mass is 15.2. The predicted octanol–water partition coefficient (Wildman–Crippen LogP) is -1.11. The summed E-state index contributed by atoms with van der Waals surface area (Å²) < 4.78 is 0. The molecule has 36 valence electrons. The minimum absolute atomic E-state index is 0.662. The lowest BCUT2D eigenvalue weighted by atomic mass is 9.90. The van der Waals surface area contributed by atoms with E-state index in [-0.39, 0.29) is 0 Å². The molecule has 0 heterocycles. The fourth-order valence-corrected chi connectivity index (χ4v) is 0.236. The molecule has 3 heteroatoms. The first-order valence-corrected chi connectivity index (χ1v) is 2.21. The molecule has 1 unspecified atom stereocenters. The third kappa shape index (κ3) is 3.98. The van der Waals surface area contributed by atoms with Crippen LogP contribution in [0.4, 0.5) is 0 Å². The Bertz CT molecular complexity index is 30.0. The van der Waals surface area contributed by atoms with Crippen LogP contribution >= 0.6 is 0 Å². The lowest BCUT2D eigenvalue weighted by molar-refractivity contribution is 0.712. The molecule has 0 saturated carbocycles. The van der Waals surface area contributed by atoms with Gasteiger partial charge in [-0.3, -0.25) is 11.3 Å². The van der Waals surface area contributed by atoms with Gasteiger partial charge >= 0.3 is 0 Å². The van der Waals surface area contributed by atoms with Gasteiger partial charge in [0.05, 0.1) is 0 Å². The van der Waals surface area contributed by atoms with Gasteiger partial charge in [-0.25, -0.2) is 0 Å². The Morgan fingerprint density at radius 2 is 2.50 bits per heavy atom. The summed E-state index contributed by atoms with van der Waals surface area (Å²) in [6.45, 7) is 3.01. The molecule has 0 bridgehead atoms. The van der Waals surface area contributed by atoms with Crippen molar-refractivity contribution in [3.05, 3.63) is 0 Å². The van der Waals surface area contributed by atoms with Gasteiger partial charge in [-0.05, 0) is 0 Å². The molecule has 0 aliphatic carbocycles. The summed E-state index contributed by atoms with van der Waals surface area (Å²) in [6.07, 6.45) is 0. The summed E-state index contributed by atoms with van der Waals surface area (Å²) in [5.74, 6) is 5.64. The maximum atomic E-state index is 4.98. The second kappa shape index (κ2) is 3.19. The largest absolute Gasteiger partial charge is 0.271 e. The molecule has 6 heavy (non-hydrogen) atoms. The summed E-state index contributed by atoms with van der Waals surface area (Å²) in [7, 11) is 2.11. The molecule has 1 atom stereocenters. The lowest BCUT2D eigenvalue weighted by Crippen LogP contribution is -2.25. The van der Waals surface area contributed by atoms with Crippen LogP contribution in [-0.4, -0.2) is 14.4 Å². The van der Waals surface area contributed by atoms with E-state index in [9.17, 15) is 0 Å². The number of hydrogen-bond donors (Lipinski definition) is 2. The zero-order valence-electron chi connectivity index (χ0n) is 4.36. The normalized spacial score (nSPS) is 14.3. The Hall–Kier alpha value is -0.0151. The van der Waals surface area contributed by atoms with E-state index in [1.807, 2.05) is 0 Å². The second-order valence-electron chi connectivity index (χ2n) is 1.80. The Kier molecular flexibility index (Phi) is 3.18. The van der Waals surface area contributed by atoms with Crippen molar-refractivity contribution in [1.82, 2.24) is 5.43 Å². The topological polar surface area (TPSA) is 38.0 Å². The standard InChI is InChI=1S/C3H11BN2/c1-3(4)2-6-5/h3,6H,2,4-5H2,1H3. The van der Waals surface area contributed by atoms with Crippen molar-refractivity contribution in [2.24, 2.45) is 5.84 Å². The number of hydrogen-bond acceptors (Lipinski definition) is 2. The van der Waals surface area contributed by atoms with Crippen LogP contribution < -0.4 is 11.3 Å². The summed E-state index contributed by atoms with van der Waals surface area (Å²) in [5, 5.41) is 0. The van der Waals surface area contributed by atoms with Gasteiger partial charge < -0.3 is 0 Å². The molecular formula is C3H11BN2. The molecule has 0 aromatic rings. The highest BCUT2D eigenvalue weighted by Crippen LogP contribution is 1.86. The van der Waals surface area contributed by atoms with E-state index < -0.39 is 0 Å². The van der Waals surface area contributed by atoms with E-state index in [0.717, 1.165) is 6.54 Å². The molecule has 0 radical (unpaired) electrons. The molecule has 0 fully saturated rings. The Morgan fingerprint density at radius 3 is 2.50 bits per heavy atom. The zero-order valence-corrected chi connectivity index (χ0v) is 4.36. The second-order valence-corrected chi connectivity index (χ2v) is 1.80. The molecule has 0 aliphatic heterocycles. The monoisotopic (exact) mass is 86.1 g/mol. The quantitative estimate of drug-likeness (QED) is 0.254. The molecule has 0 aromatic heterocycles. The molecule has 0 saturated heterocycles. The van der Waals surface area contributed by atoms with Crippen LogP contribution in [0.1, 0.15) is 6.92 Å². The number of hydrazine groups is 1. The highest BCUT2D eigenvalue weighted by Gasteiger charge is 1.85. The van der Waals surface area contributed by atoms with Crippen molar-refractivity contribution in [3.8, 4) is 0 Å². The highest BCUT2D eigenvalue weighted by molar-refractivity contribution is 6.11. The fourth-order valence-electron chi connectivity index (χ4n) is 0.236. The minimum atomic E-state index is 0.662. The van der Waals surface area contributed by atoms with Crippen molar-refractivity contribution in [2.75, 3.05) is 6.54 Å². The predicted molar refractivity (Wildman–Crippen MR) is 30.2 cm³/mol. The fraction of sp³-hybridized carbons (Fsp3) is 1.00. The Morgan fingerprint density at radius 1 is 2.00 bits per heavy atom. The first-order chi connectivity index (χ1) is 2.77. The van der Waals surface area contributed by atoms with Gasteiger partial charge in [0.2, 0.25) is 0 Å². The van der Waals surface area contributed by atoms with E-state index in [1.165, 1.54) is 0 Å². The molecule has 0 aliphatic rings. The minimum Gasteiger partial charge on any atom is -0.271 e. The van der Waals surface area contributed by atoms with Crippen LogP contribution in [0.5, 0.6) is 0 Å². The smallest absolute Gasteiger partial charge is 0.106 e. The summed E-state index contributed by atoms with van der Waals surface area (Å²) >= 11 is 0. The number of nitrogens with one attached hydrogen (secondary N) is 1. The average Bonchev–Trinajstić information content (AvgIpc) is 1.35. The first-order valence-electron chi connectivity index (χ1n) is 2.21. The van der Waals surface area contributed by atoms with Crippen LogP contribution in [0, 0.1) is 0 Å². The van der Waals surface area contributed by atoms with E-state index in [4.69, 9.17) is 5.84 Å². The summed E-state index contributed by atoms with van der Waals surface area (Å²) in [6, 6.07) is 0. The van der Waals surface area contributed by atoms with Crippen molar-refractivity contribution in [1.29, 1.82) is 0 Å². The Balaban J connectivity index is 2.63. The number of rotatable bonds is 2. The molecular weight excluding hydrogens is 74.9 g/mol. The van der Waals surface area contributed by atoms with Crippen molar-refractivity contribution < 1.29 is 0 Å². The Labute approximate surface area is 39.5 Å². The van der Waals surface area contributed by atoms with Crippen LogP contribution in [-0.2, 0) is 0 Å². The van der Waals surface area contributed by atoms with Gasteiger partial charge in [0.25, 0.3) is 0 Å². The SMILES string of the molecule is BC(C)CNN. The number of nitrogens with two attached hydrogens (primary N) is 1. The van der Waals surface area contributed by atoms with Gasteiger partial charge in [-0.2, -0.15) is 0 Å². The van der Waals surface area contributed by atoms with Gasteiger partial charge in [0, 0.05) is 6.54 Å². The summed E-state index contributed by atoms with van der Waals surface area (Å²) in [5.41, 5.74) is 2.57. The molecule has 0 spiro atoms. The van der Waals surface area contributed by atoms with Gasteiger partial charge in [0.15, 0.2) is 0 Å². The van der Waals surface area contributed by atoms with Crippen molar-refractivity contribution in [3.63, 3.8) is 0 Å². The van der Waals surface area contributed by atoms with Gasteiger partial charge in [-0.1, -0.05) is 12.7 Å². The van der Waals surface area contributed by atoms with E-state index in [2.05, 4.69) is 20.2 Å². The maximum Gasteiger partial charge on any atom is 0.106 e. The van der Waals surface area contributed by atoms with Gasteiger partial charge in [0.1, 0.15) is 7.85 Å². The lowest BCUT2D eigenvalue weighted by Gasteiger charge is -1.98. The molecule has 2 nitrogen and oxygen atoms in total. The molecule has 3 N–H and O–H groups in total. The zero-order chi connectivity index (χ0) is 4.99. The van der Waals surface area contributed by atoms with Crippen molar-refractivity contribution >= 4 is 7.85 Å². The first kappa shape index (κ1) is 5.98. The van der Waals surface area contributed by atoms with Gasteiger partial charge in [-0.15, -0.1) is 0 Å².